The van der Waals surface area contributed by atoms with E-state index in [1.54, 1.807) is 0 Å². The maximum atomic E-state index is 5.32. The molecule has 0 bridgehead atoms. The van der Waals surface area contributed by atoms with E-state index in [4.69, 9.17) is 4.74 Å². The lowest BCUT2D eigenvalue weighted by Crippen LogP contribution is -2.37. The minimum atomic E-state index is 0.416. The Hall–Kier alpha value is -0.0800. The lowest BCUT2D eigenvalue weighted by atomic mass is 9.81. The Labute approximate surface area is 82.0 Å². The first-order valence-electron chi connectivity index (χ1n) is 5.48. The zero-order valence-corrected chi connectivity index (χ0v) is 9.18. The van der Waals surface area contributed by atoms with Gasteiger partial charge in [-0.2, -0.15) is 0 Å². The molecule has 0 aromatic rings. The SMILES string of the molecule is CNC1CCCCC1CC(C)OC. The van der Waals surface area contributed by atoms with Gasteiger partial charge in [0.1, 0.15) is 0 Å². The first-order valence-corrected chi connectivity index (χ1v) is 5.48. The molecule has 0 aromatic carbocycles. The van der Waals surface area contributed by atoms with Crippen molar-refractivity contribution in [2.75, 3.05) is 14.2 Å². The molecule has 1 aliphatic rings. The summed E-state index contributed by atoms with van der Waals surface area (Å²) in [5.41, 5.74) is 0. The summed E-state index contributed by atoms with van der Waals surface area (Å²) in [6.45, 7) is 2.17. The van der Waals surface area contributed by atoms with Crippen LogP contribution in [0.1, 0.15) is 39.0 Å². The van der Waals surface area contributed by atoms with Crippen LogP contribution in [0.5, 0.6) is 0 Å². The van der Waals surface area contributed by atoms with E-state index in [2.05, 4.69) is 19.3 Å². The molecule has 0 radical (unpaired) electrons. The number of rotatable bonds is 4. The van der Waals surface area contributed by atoms with Crippen molar-refractivity contribution in [2.45, 2.75) is 51.2 Å². The highest BCUT2D eigenvalue weighted by Crippen LogP contribution is 2.28. The zero-order valence-electron chi connectivity index (χ0n) is 9.18. The molecule has 1 rings (SSSR count). The quantitative estimate of drug-likeness (QED) is 0.725. The van der Waals surface area contributed by atoms with Gasteiger partial charge < -0.3 is 10.1 Å². The van der Waals surface area contributed by atoms with E-state index in [1.165, 1.54) is 32.1 Å². The zero-order chi connectivity index (χ0) is 9.68. The van der Waals surface area contributed by atoms with Crippen LogP contribution in [-0.4, -0.2) is 26.3 Å². The molecule has 2 nitrogen and oxygen atoms in total. The first kappa shape index (κ1) is 11.0. The smallest absolute Gasteiger partial charge is 0.0546 e. The van der Waals surface area contributed by atoms with E-state index in [0.29, 0.717) is 6.10 Å². The second-order valence-electron chi connectivity index (χ2n) is 4.22. The molecule has 0 spiro atoms. The van der Waals surface area contributed by atoms with Crippen molar-refractivity contribution in [3.8, 4) is 0 Å². The molecule has 0 heterocycles. The van der Waals surface area contributed by atoms with Crippen LogP contribution < -0.4 is 5.32 Å². The Morgan fingerprint density at radius 1 is 1.38 bits per heavy atom. The van der Waals surface area contributed by atoms with Gasteiger partial charge in [0.15, 0.2) is 0 Å². The summed E-state index contributed by atoms with van der Waals surface area (Å²) in [4.78, 5) is 0. The molecule has 3 unspecified atom stereocenters. The van der Waals surface area contributed by atoms with E-state index in [-0.39, 0.29) is 0 Å². The van der Waals surface area contributed by atoms with Crippen molar-refractivity contribution >= 4 is 0 Å². The van der Waals surface area contributed by atoms with Crippen LogP contribution in [0, 0.1) is 5.92 Å². The van der Waals surface area contributed by atoms with E-state index in [0.717, 1.165) is 12.0 Å². The number of methoxy groups -OCH3 is 1. The molecule has 0 amide bonds. The third-order valence-corrected chi connectivity index (χ3v) is 3.32. The van der Waals surface area contributed by atoms with Crippen LogP contribution in [0.3, 0.4) is 0 Å². The highest BCUT2D eigenvalue weighted by Gasteiger charge is 2.24. The van der Waals surface area contributed by atoms with Crippen LogP contribution in [0.25, 0.3) is 0 Å². The van der Waals surface area contributed by atoms with E-state index < -0.39 is 0 Å². The summed E-state index contributed by atoms with van der Waals surface area (Å²) in [7, 11) is 3.89. The minimum Gasteiger partial charge on any atom is -0.382 e. The Morgan fingerprint density at radius 3 is 2.69 bits per heavy atom. The van der Waals surface area contributed by atoms with Crippen LogP contribution in [0.2, 0.25) is 0 Å². The van der Waals surface area contributed by atoms with Gasteiger partial charge in [-0.15, -0.1) is 0 Å². The largest absolute Gasteiger partial charge is 0.382 e. The van der Waals surface area contributed by atoms with Gasteiger partial charge in [-0.3, -0.25) is 0 Å². The van der Waals surface area contributed by atoms with E-state index in [1.807, 2.05) is 7.11 Å². The molecule has 78 valence electrons. The van der Waals surface area contributed by atoms with Crippen molar-refractivity contribution in [2.24, 2.45) is 5.92 Å². The molecule has 0 saturated heterocycles. The fourth-order valence-corrected chi connectivity index (χ4v) is 2.39. The number of ether oxygens (including phenoxy) is 1. The number of nitrogens with one attached hydrogen (secondary N) is 1. The van der Waals surface area contributed by atoms with Gasteiger partial charge in [-0.25, -0.2) is 0 Å². The number of hydrogen-bond acceptors (Lipinski definition) is 2. The summed E-state index contributed by atoms with van der Waals surface area (Å²) < 4.78 is 5.32. The van der Waals surface area contributed by atoms with Gasteiger partial charge in [0.2, 0.25) is 0 Å². The molecule has 0 aromatic heterocycles. The lowest BCUT2D eigenvalue weighted by molar-refractivity contribution is 0.0799. The van der Waals surface area contributed by atoms with Crippen LogP contribution in [0.15, 0.2) is 0 Å². The average molecular weight is 185 g/mol. The van der Waals surface area contributed by atoms with Crippen molar-refractivity contribution in [1.29, 1.82) is 0 Å². The molecule has 3 atom stereocenters. The Kier molecular flexibility index (Phi) is 4.74. The summed E-state index contributed by atoms with van der Waals surface area (Å²) in [5, 5.41) is 3.43. The van der Waals surface area contributed by atoms with Crippen molar-refractivity contribution in [3.05, 3.63) is 0 Å². The summed E-state index contributed by atoms with van der Waals surface area (Å²) in [6, 6.07) is 0.728. The van der Waals surface area contributed by atoms with Crippen molar-refractivity contribution in [1.82, 2.24) is 5.32 Å². The summed E-state index contributed by atoms with van der Waals surface area (Å²) in [6.07, 6.45) is 7.14. The normalized spacial score (nSPS) is 31.6. The summed E-state index contributed by atoms with van der Waals surface area (Å²) in [5.74, 6) is 0.827. The maximum absolute atomic E-state index is 5.32. The molecule has 1 fully saturated rings. The van der Waals surface area contributed by atoms with Crippen LogP contribution >= 0.6 is 0 Å². The summed E-state index contributed by atoms with van der Waals surface area (Å²) >= 11 is 0. The molecule has 2 heteroatoms. The number of hydrogen-bond donors (Lipinski definition) is 1. The van der Waals surface area contributed by atoms with Gasteiger partial charge in [-0.05, 0) is 39.2 Å². The second kappa shape index (κ2) is 5.61. The van der Waals surface area contributed by atoms with E-state index in [9.17, 15) is 0 Å². The van der Waals surface area contributed by atoms with Gasteiger partial charge >= 0.3 is 0 Å². The standard InChI is InChI=1S/C11H23NO/c1-9(13-3)8-10-6-4-5-7-11(10)12-2/h9-12H,4-8H2,1-3H3. The van der Waals surface area contributed by atoms with Crippen LogP contribution in [0.4, 0.5) is 0 Å². The highest BCUT2D eigenvalue weighted by molar-refractivity contribution is 4.81. The van der Waals surface area contributed by atoms with Gasteiger partial charge in [0.05, 0.1) is 6.10 Å². The predicted octanol–water partition coefficient (Wildman–Crippen LogP) is 2.19. The average Bonchev–Trinajstić information content (AvgIpc) is 2.18. The highest BCUT2D eigenvalue weighted by atomic mass is 16.5. The van der Waals surface area contributed by atoms with Crippen molar-refractivity contribution in [3.63, 3.8) is 0 Å². The first-order chi connectivity index (χ1) is 6.27. The third kappa shape index (κ3) is 3.28. The molecule has 13 heavy (non-hydrogen) atoms. The third-order valence-electron chi connectivity index (χ3n) is 3.32. The fourth-order valence-electron chi connectivity index (χ4n) is 2.39. The molecule has 1 N–H and O–H groups in total. The van der Waals surface area contributed by atoms with Gasteiger partial charge in [-0.1, -0.05) is 12.8 Å². The monoisotopic (exact) mass is 185 g/mol. The van der Waals surface area contributed by atoms with Crippen LogP contribution in [-0.2, 0) is 4.74 Å². The Morgan fingerprint density at radius 2 is 2.08 bits per heavy atom. The van der Waals surface area contributed by atoms with Gasteiger partial charge in [0.25, 0.3) is 0 Å². The molecule has 1 saturated carbocycles. The fraction of sp³-hybridized carbons (Fsp3) is 1.00. The molecular weight excluding hydrogens is 162 g/mol. The van der Waals surface area contributed by atoms with Crippen molar-refractivity contribution < 1.29 is 4.74 Å². The molecular formula is C11H23NO. The topological polar surface area (TPSA) is 21.3 Å². The predicted molar refractivity (Wildman–Crippen MR) is 55.9 cm³/mol. The van der Waals surface area contributed by atoms with Gasteiger partial charge in [0, 0.05) is 13.2 Å². The minimum absolute atomic E-state index is 0.416. The second-order valence-corrected chi connectivity index (χ2v) is 4.22. The Bertz CT molecular complexity index is 138. The molecule has 0 aliphatic heterocycles. The maximum Gasteiger partial charge on any atom is 0.0546 e. The molecule has 1 aliphatic carbocycles. The van der Waals surface area contributed by atoms with E-state index >= 15 is 0 Å². The lowest BCUT2D eigenvalue weighted by Gasteiger charge is -2.32. The Balaban J connectivity index is 2.35.